The van der Waals surface area contributed by atoms with Gasteiger partial charge in [0.15, 0.2) is 0 Å². The summed E-state index contributed by atoms with van der Waals surface area (Å²) in [5, 5.41) is 13.9. The van der Waals surface area contributed by atoms with Gasteiger partial charge in [-0.3, -0.25) is 4.68 Å². The van der Waals surface area contributed by atoms with Crippen LogP contribution in [0.1, 0.15) is 62.0 Å². The standard InChI is InChI=1S/C14H24N2O/c1-4-12-5-7-13(8-6-12)16-11(3)14(9-17)10(2)15-16/h12-13,17H,4-9H2,1-3H3. The minimum Gasteiger partial charge on any atom is -0.392 e. The predicted octanol–water partition coefficient (Wildman–Crippen LogP) is 3.13. The van der Waals surface area contributed by atoms with Crippen molar-refractivity contribution in [2.45, 2.75) is 65.5 Å². The van der Waals surface area contributed by atoms with Crippen LogP contribution in [0, 0.1) is 19.8 Å². The highest BCUT2D eigenvalue weighted by molar-refractivity contribution is 5.23. The van der Waals surface area contributed by atoms with Gasteiger partial charge in [-0.25, -0.2) is 0 Å². The van der Waals surface area contributed by atoms with E-state index in [9.17, 15) is 5.11 Å². The third-order valence-electron chi connectivity index (χ3n) is 4.37. The third kappa shape index (κ3) is 2.39. The molecule has 0 saturated heterocycles. The van der Waals surface area contributed by atoms with Crippen molar-refractivity contribution in [1.82, 2.24) is 9.78 Å². The SMILES string of the molecule is CCC1CCC(n2nc(C)c(CO)c2C)CC1. The van der Waals surface area contributed by atoms with Gasteiger partial charge in [0.05, 0.1) is 18.3 Å². The molecule has 0 radical (unpaired) electrons. The molecular weight excluding hydrogens is 212 g/mol. The number of rotatable bonds is 3. The second-order valence-electron chi connectivity index (χ2n) is 5.33. The molecule has 0 bridgehead atoms. The van der Waals surface area contributed by atoms with Gasteiger partial charge >= 0.3 is 0 Å². The van der Waals surface area contributed by atoms with Crippen LogP contribution in [0.5, 0.6) is 0 Å². The Kier molecular flexibility index (Phi) is 3.87. The molecule has 3 heteroatoms. The van der Waals surface area contributed by atoms with Crippen molar-refractivity contribution in [3.63, 3.8) is 0 Å². The molecule has 0 spiro atoms. The maximum absolute atomic E-state index is 9.34. The number of aryl methyl sites for hydroxylation is 1. The molecule has 1 heterocycles. The van der Waals surface area contributed by atoms with Crippen LogP contribution in [-0.2, 0) is 6.61 Å². The van der Waals surface area contributed by atoms with Gasteiger partial charge in [0.1, 0.15) is 0 Å². The van der Waals surface area contributed by atoms with Crippen molar-refractivity contribution in [1.29, 1.82) is 0 Å². The molecule has 3 nitrogen and oxygen atoms in total. The first-order chi connectivity index (χ1) is 8.17. The van der Waals surface area contributed by atoms with Gasteiger partial charge in [0.25, 0.3) is 0 Å². The lowest BCUT2D eigenvalue weighted by atomic mass is 9.84. The smallest absolute Gasteiger partial charge is 0.0718 e. The summed E-state index contributed by atoms with van der Waals surface area (Å²) >= 11 is 0. The van der Waals surface area contributed by atoms with E-state index >= 15 is 0 Å². The Morgan fingerprint density at radius 1 is 1.24 bits per heavy atom. The Balaban J connectivity index is 2.13. The van der Waals surface area contributed by atoms with E-state index in [2.05, 4.69) is 23.6 Å². The second kappa shape index (κ2) is 5.21. The summed E-state index contributed by atoms with van der Waals surface area (Å²) in [5.41, 5.74) is 3.16. The molecule has 2 rings (SSSR count). The molecule has 96 valence electrons. The third-order valence-corrected chi connectivity index (χ3v) is 4.37. The molecule has 17 heavy (non-hydrogen) atoms. The van der Waals surface area contributed by atoms with Crippen molar-refractivity contribution in [3.8, 4) is 0 Å². The zero-order valence-electron chi connectivity index (χ0n) is 11.2. The van der Waals surface area contributed by atoms with Crippen LogP contribution in [0.3, 0.4) is 0 Å². The molecule has 1 aromatic rings. The summed E-state index contributed by atoms with van der Waals surface area (Å²) in [4.78, 5) is 0. The Labute approximate surface area is 104 Å². The van der Waals surface area contributed by atoms with Crippen LogP contribution in [0.25, 0.3) is 0 Å². The fourth-order valence-corrected chi connectivity index (χ4v) is 3.08. The Morgan fingerprint density at radius 2 is 1.88 bits per heavy atom. The van der Waals surface area contributed by atoms with Crippen LogP contribution < -0.4 is 0 Å². The van der Waals surface area contributed by atoms with Gasteiger partial charge in [0.2, 0.25) is 0 Å². The second-order valence-corrected chi connectivity index (χ2v) is 5.33. The maximum atomic E-state index is 9.34. The number of hydrogen-bond donors (Lipinski definition) is 1. The molecule has 1 fully saturated rings. The predicted molar refractivity (Wildman–Crippen MR) is 68.9 cm³/mol. The molecule has 1 aliphatic carbocycles. The van der Waals surface area contributed by atoms with E-state index in [1.54, 1.807) is 0 Å². The summed E-state index contributed by atoms with van der Waals surface area (Å²) in [7, 11) is 0. The van der Waals surface area contributed by atoms with Crippen molar-refractivity contribution < 1.29 is 5.11 Å². The van der Waals surface area contributed by atoms with Gasteiger partial charge < -0.3 is 5.11 Å². The quantitative estimate of drug-likeness (QED) is 0.875. The van der Waals surface area contributed by atoms with Gasteiger partial charge in [-0.05, 0) is 45.4 Å². The average molecular weight is 236 g/mol. The number of aliphatic hydroxyl groups excluding tert-OH is 1. The zero-order chi connectivity index (χ0) is 12.4. The van der Waals surface area contributed by atoms with Gasteiger partial charge in [-0.1, -0.05) is 13.3 Å². The highest BCUT2D eigenvalue weighted by Crippen LogP contribution is 2.34. The van der Waals surface area contributed by atoms with E-state index in [0.717, 1.165) is 22.9 Å². The molecule has 1 aliphatic rings. The number of hydrogen-bond acceptors (Lipinski definition) is 2. The van der Waals surface area contributed by atoms with Gasteiger partial charge in [-0.2, -0.15) is 5.10 Å². The number of nitrogens with zero attached hydrogens (tertiary/aromatic N) is 2. The first kappa shape index (κ1) is 12.6. The lowest BCUT2D eigenvalue weighted by Crippen LogP contribution is -2.19. The largest absolute Gasteiger partial charge is 0.392 e. The molecule has 1 N–H and O–H groups in total. The molecule has 1 saturated carbocycles. The molecule has 1 aromatic heterocycles. The minimum absolute atomic E-state index is 0.113. The van der Waals surface area contributed by atoms with Crippen molar-refractivity contribution in [2.75, 3.05) is 0 Å². The Morgan fingerprint density at radius 3 is 2.35 bits per heavy atom. The first-order valence-corrected chi connectivity index (χ1v) is 6.82. The van der Waals surface area contributed by atoms with Gasteiger partial charge in [-0.15, -0.1) is 0 Å². The number of aliphatic hydroxyl groups is 1. The summed E-state index contributed by atoms with van der Waals surface area (Å²) in [6.45, 7) is 6.48. The van der Waals surface area contributed by atoms with Gasteiger partial charge in [0, 0.05) is 11.3 Å². The normalized spacial score (nSPS) is 25.2. The van der Waals surface area contributed by atoms with E-state index in [1.165, 1.54) is 32.1 Å². The van der Waals surface area contributed by atoms with Crippen LogP contribution in [-0.4, -0.2) is 14.9 Å². The molecule has 0 aliphatic heterocycles. The summed E-state index contributed by atoms with van der Waals surface area (Å²) in [6.07, 6.45) is 6.45. The van der Waals surface area contributed by atoms with E-state index in [0.29, 0.717) is 6.04 Å². The topological polar surface area (TPSA) is 38.0 Å². The van der Waals surface area contributed by atoms with E-state index < -0.39 is 0 Å². The fourth-order valence-electron chi connectivity index (χ4n) is 3.08. The fraction of sp³-hybridized carbons (Fsp3) is 0.786. The lowest BCUT2D eigenvalue weighted by molar-refractivity contribution is 0.251. The zero-order valence-corrected chi connectivity index (χ0v) is 11.2. The molecule has 0 unspecified atom stereocenters. The number of aromatic nitrogens is 2. The van der Waals surface area contributed by atoms with Crippen molar-refractivity contribution in [2.24, 2.45) is 5.92 Å². The highest BCUT2D eigenvalue weighted by atomic mass is 16.3. The van der Waals surface area contributed by atoms with Crippen molar-refractivity contribution in [3.05, 3.63) is 17.0 Å². The maximum Gasteiger partial charge on any atom is 0.0718 e. The molecule has 0 amide bonds. The van der Waals surface area contributed by atoms with E-state index in [4.69, 9.17) is 0 Å². The highest BCUT2D eigenvalue weighted by Gasteiger charge is 2.24. The van der Waals surface area contributed by atoms with Crippen LogP contribution in [0.2, 0.25) is 0 Å². The molecule has 0 aromatic carbocycles. The molecular formula is C14H24N2O. The summed E-state index contributed by atoms with van der Waals surface area (Å²) in [6, 6.07) is 0.553. The molecule has 0 atom stereocenters. The first-order valence-electron chi connectivity index (χ1n) is 6.82. The van der Waals surface area contributed by atoms with E-state index in [1.807, 2.05) is 6.92 Å². The van der Waals surface area contributed by atoms with E-state index in [-0.39, 0.29) is 6.61 Å². The Bertz CT molecular complexity index is 376. The minimum atomic E-state index is 0.113. The summed E-state index contributed by atoms with van der Waals surface area (Å²) < 4.78 is 2.16. The lowest BCUT2D eigenvalue weighted by Gasteiger charge is -2.28. The van der Waals surface area contributed by atoms with Crippen molar-refractivity contribution >= 4 is 0 Å². The van der Waals surface area contributed by atoms with Crippen LogP contribution in [0.15, 0.2) is 0 Å². The monoisotopic (exact) mass is 236 g/mol. The van der Waals surface area contributed by atoms with Crippen LogP contribution >= 0.6 is 0 Å². The summed E-state index contributed by atoms with van der Waals surface area (Å²) in [5.74, 6) is 0.917. The Hall–Kier alpha value is -0.830. The van der Waals surface area contributed by atoms with Crippen LogP contribution in [0.4, 0.5) is 0 Å². The average Bonchev–Trinajstić information content (AvgIpc) is 2.64.